The lowest BCUT2D eigenvalue weighted by Crippen LogP contribution is -1.91. The van der Waals surface area contributed by atoms with E-state index in [9.17, 15) is 4.79 Å². The molecule has 0 fully saturated rings. The van der Waals surface area contributed by atoms with Gasteiger partial charge in [-0.25, -0.2) is 9.97 Å². The summed E-state index contributed by atoms with van der Waals surface area (Å²) in [6.07, 6.45) is 0. The number of aromatic nitrogens is 2. The Morgan fingerprint density at radius 1 is 1.29 bits per heavy atom. The molecule has 14 heavy (non-hydrogen) atoms. The molecule has 0 saturated heterocycles. The zero-order valence-corrected chi connectivity index (χ0v) is 9.41. The number of hydrogen-bond donors (Lipinski definition) is 0. The van der Waals surface area contributed by atoms with Gasteiger partial charge in [0, 0.05) is 17.7 Å². The maximum Gasteiger partial charge on any atom is 0.178 e. The van der Waals surface area contributed by atoms with Crippen LogP contribution in [-0.4, -0.2) is 15.8 Å². The van der Waals surface area contributed by atoms with Crippen molar-refractivity contribution in [3.05, 3.63) is 21.5 Å². The number of nitrogens with zero attached hydrogens (tertiary/aromatic N) is 2. The van der Waals surface area contributed by atoms with Crippen LogP contribution >= 0.6 is 22.7 Å². The minimum atomic E-state index is -0.000508. The largest absolute Gasteiger partial charge is 0.293 e. The molecule has 0 unspecified atom stereocenters. The molecule has 0 N–H and O–H groups in total. The van der Waals surface area contributed by atoms with Gasteiger partial charge in [-0.2, -0.15) is 0 Å². The van der Waals surface area contributed by atoms with Gasteiger partial charge in [0.1, 0.15) is 16.4 Å². The van der Waals surface area contributed by atoms with E-state index in [1.54, 1.807) is 16.7 Å². The summed E-state index contributed by atoms with van der Waals surface area (Å²) >= 11 is 3.04. The molecule has 0 atom stereocenters. The fourth-order valence-electron chi connectivity index (χ4n) is 1.01. The quantitative estimate of drug-likeness (QED) is 0.737. The van der Waals surface area contributed by atoms with Crippen molar-refractivity contribution in [3.8, 4) is 10.7 Å². The third-order valence-corrected chi connectivity index (χ3v) is 3.34. The molecule has 2 aromatic heterocycles. The lowest BCUT2D eigenvalue weighted by atomic mass is 10.3. The molecule has 3 nitrogen and oxygen atoms in total. The maximum atomic E-state index is 11.0. The smallest absolute Gasteiger partial charge is 0.178 e. The van der Waals surface area contributed by atoms with Crippen molar-refractivity contribution in [3.63, 3.8) is 0 Å². The highest BCUT2D eigenvalue weighted by molar-refractivity contribution is 7.14. The minimum absolute atomic E-state index is 0.000508. The second-order valence-electron chi connectivity index (χ2n) is 2.85. The number of ketones is 1. The van der Waals surface area contributed by atoms with Gasteiger partial charge in [0.15, 0.2) is 5.78 Å². The van der Waals surface area contributed by atoms with Crippen LogP contribution in [0.2, 0.25) is 0 Å². The molecule has 0 saturated carbocycles. The van der Waals surface area contributed by atoms with Crippen molar-refractivity contribution in [2.45, 2.75) is 13.8 Å². The first-order valence-corrected chi connectivity index (χ1v) is 5.81. The summed E-state index contributed by atoms with van der Waals surface area (Å²) in [5, 5.41) is 5.56. The van der Waals surface area contributed by atoms with Crippen LogP contribution in [0.25, 0.3) is 10.7 Å². The van der Waals surface area contributed by atoms with Gasteiger partial charge >= 0.3 is 0 Å². The predicted molar refractivity (Wildman–Crippen MR) is 58.0 cm³/mol. The van der Waals surface area contributed by atoms with E-state index in [4.69, 9.17) is 0 Å². The molecule has 0 spiro atoms. The zero-order chi connectivity index (χ0) is 10.1. The van der Waals surface area contributed by atoms with Crippen LogP contribution in [0.4, 0.5) is 0 Å². The van der Waals surface area contributed by atoms with Crippen LogP contribution in [0.15, 0.2) is 10.8 Å². The van der Waals surface area contributed by atoms with Crippen molar-refractivity contribution >= 4 is 28.5 Å². The summed E-state index contributed by atoms with van der Waals surface area (Å²) in [6, 6.07) is 0. The van der Waals surface area contributed by atoms with E-state index in [1.165, 1.54) is 18.3 Å². The second-order valence-corrected chi connectivity index (χ2v) is 4.77. The first-order valence-electron chi connectivity index (χ1n) is 4.06. The van der Waals surface area contributed by atoms with Crippen molar-refractivity contribution in [1.82, 2.24) is 9.97 Å². The van der Waals surface area contributed by atoms with E-state index < -0.39 is 0 Å². The van der Waals surface area contributed by atoms with E-state index in [-0.39, 0.29) is 5.78 Å². The number of Topliss-reactive ketones (excluding diaryl/α,β-unsaturated/α-hetero) is 1. The SMILES string of the molecule is CC(=O)c1csc(-c2csc(C)n2)n1. The number of hydrogen-bond acceptors (Lipinski definition) is 5. The Morgan fingerprint density at radius 2 is 2.07 bits per heavy atom. The van der Waals surface area contributed by atoms with E-state index in [0.29, 0.717) is 5.69 Å². The molecule has 0 aliphatic heterocycles. The Bertz CT molecular complexity index is 473. The van der Waals surface area contributed by atoms with Gasteiger partial charge in [0.25, 0.3) is 0 Å². The highest BCUT2D eigenvalue weighted by Crippen LogP contribution is 2.24. The number of rotatable bonds is 2. The van der Waals surface area contributed by atoms with Crippen LogP contribution in [0.3, 0.4) is 0 Å². The van der Waals surface area contributed by atoms with Crippen LogP contribution in [0, 0.1) is 6.92 Å². The Kier molecular flexibility index (Phi) is 2.43. The number of carbonyl (C=O) groups excluding carboxylic acids is 1. The van der Waals surface area contributed by atoms with Crippen LogP contribution in [-0.2, 0) is 0 Å². The Labute approximate surface area is 89.5 Å². The average molecular weight is 224 g/mol. The van der Waals surface area contributed by atoms with E-state index >= 15 is 0 Å². The summed E-state index contributed by atoms with van der Waals surface area (Å²) in [4.78, 5) is 19.5. The Hall–Kier alpha value is -1.07. The highest BCUT2D eigenvalue weighted by atomic mass is 32.1. The molecule has 5 heteroatoms. The van der Waals surface area contributed by atoms with E-state index in [2.05, 4.69) is 9.97 Å². The summed E-state index contributed by atoms with van der Waals surface area (Å²) < 4.78 is 0. The number of carbonyl (C=O) groups is 1. The van der Waals surface area contributed by atoms with Gasteiger partial charge in [-0.15, -0.1) is 22.7 Å². The summed E-state index contributed by atoms with van der Waals surface area (Å²) in [6.45, 7) is 3.47. The molecule has 0 aliphatic rings. The summed E-state index contributed by atoms with van der Waals surface area (Å²) in [7, 11) is 0. The maximum absolute atomic E-state index is 11.0. The average Bonchev–Trinajstić information content (AvgIpc) is 2.70. The first kappa shape index (κ1) is 9.48. The van der Waals surface area contributed by atoms with E-state index in [1.807, 2.05) is 12.3 Å². The standard InChI is InChI=1S/C9H8N2OS2/c1-5(12)7-3-14-9(11-7)8-4-13-6(2)10-8/h3-4H,1-2H3. The van der Waals surface area contributed by atoms with Crippen LogP contribution in [0.1, 0.15) is 22.4 Å². The van der Waals surface area contributed by atoms with Gasteiger partial charge in [-0.1, -0.05) is 0 Å². The van der Waals surface area contributed by atoms with Crippen LogP contribution < -0.4 is 0 Å². The molecule has 72 valence electrons. The first-order chi connectivity index (χ1) is 6.66. The van der Waals surface area contributed by atoms with Gasteiger partial charge in [0.05, 0.1) is 5.01 Å². The van der Waals surface area contributed by atoms with Crippen LogP contribution in [0.5, 0.6) is 0 Å². The van der Waals surface area contributed by atoms with Gasteiger partial charge in [0.2, 0.25) is 0 Å². The number of thiazole rings is 2. The van der Waals surface area contributed by atoms with Gasteiger partial charge < -0.3 is 0 Å². The number of aryl methyl sites for hydroxylation is 1. The van der Waals surface area contributed by atoms with Crippen molar-refractivity contribution in [2.24, 2.45) is 0 Å². The molecule has 0 radical (unpaired) electrons. The molecule has 2 aromatic rings. The monoisotopic (exact) mass is 224 g/mol. The molecular formula is C9H8N2OS2. The molecule has 2 rings (SSSR count). The highest BCUT2D eigenvalue weighted by Gasteiger charge is 2.09. The molecule has 0 aliphatic carbocycles. The van der Waals surface area contributed by atoms with Crippen molar-refractivity contribution in [2.75, 3.05) is 0 Å². The molecular weight excluding hydrogens is 216 g/mol. The zero-order valence-electron chi connectivity index (χ0n) is 7.77. The van der Waals surface area contributed by atoms with Crippen molar-refractivity contribution in [1.29, 1.82) is 0 Å². The topological polar surface area (TPSA) is 42.9 Å². The Morgan fingerprint density at radius 3 is 2.57 bits per heavy atom. The van der Waals surface area contributed by atoms with Gasteiger partial charge in [-0.05, 0) is 6.92 Å². The fraction of sp³-hybridized carbons (Fsp3) is 0.222. The summed E-state index contributed by atoms with van der Waals surface area (Å²) in [5.41, 5.74) is 1.39. The Balaban J connectivity index is 2.38. The second kappa shape index (κ2) is 3.59. The third kappa shape index (κ3) is 1.73. The normalized spacial score (nSPS) is 10.4. The van der Waals surface area contributed by atoms with E-state index in [0.717, 1.165) is 15.7 Å². The fourth-order valence-corrected chi connectivity index (χ4v) is 2.51. The molecule has 0 bridgehead atoms. The molecule has 0 amide bonds. The van der Waals surface area contributed by atoms with Gasteiger partial charge in [-0.3, -0.25) is 4.79 Å². The lowest BCUT2D eigenvalue weighted by Gasteiger charge is -1.86. The molecule has 2 heterocycles. The summed E-state index contributed by atoms with van der Waals surface area (Å²) in [5.74, 6) is -0.000508. The third-order valence-electron chi connectivity index (χ3n) is 1.70. The minimum Gasteiger partial charge on any atom is -0.293 e. The molecule has 0 aromatic carbocycles. The lowest BCUT2D eigenvalue weighted by molar-refractivity contribution is 0.101. The van der Waals surface area contributed by atoms with Crippen molar-refractivity contribution < 1.29 is 4.79 Å². The predicted octanol–water partition coefficient (Wildman–Crippen LogP) is 2.78.